The van der Waals surface area contributed by atoms with Gasteiger partial charge in [0.25, 0.3) is 0 Å². The molecule has 4 nitrogen and oxygen atoms in total. The summed E-state index contributed by atoms with van der Waals surface area (Å²) in [6.45, 7) is 2.59. The summed E-state index contributed by atoms with van der Waals surface area (Å²) in [6.07, 6.45) is 3.16. The first-order valence-corrected chi connectivity index (χ1v) is 8.60. The van der Waals surface area contributed by atoms with Crippen molar-refractivity contribution in [3.63, 3.8) is 0 Å². The highest BCUT2D eigenvalue weighted by Crippen LogP contribution is 2.38. The van der Waals surface area contributed by atoms with Gasteiger partial charge in [-0.2, -0.15) is 0 Å². The highest BCUT2D eigenvalue weighted by atomic mass is 19.1. The number of rotatable bonds is 6. The van der Waals surface area contributed by atoms with Gasteiger partial charge in [-0.15, -0.1) is 0 Å². The maximum absolute atomic E-state index is 13.1. The van der Waals surface area contributed by atoms with E-state index in [1.54, 1.807) is 21.3 Å². The van der Waals surface area contributed by atoms with Crippen molar-refractivity contribution < 1.29 is 18.6 Å². The fraction of sp³-hybridized carbons (Fsp3) is 0.333. The minimum absolute atomic E-state index is 0.200. The maximum Gasteiger partial charge on any atom is 0.203 e. The Morgan fingerprint density at radius 1 is 0.962 bits per heavy atom. The van der Waals surface area contributed by atoms with Crippen LogP contribution in [0.3, 0.4) is 0 Å². The normalized spacial score (nSPS) is 14.7. The van der Waals surface area contributed by atoms with Crippen molar-refractivity contribution in [1.29, 1.82) is 0 Å². The number of methoxy groups -OCH3 is 3. The fourth-order valence-electron chi connectivity index (χ4n) is 3.27. The maximum atomic E-state index is 13.1. The summed E-state index contributed by atoms with van der Waals surface area (Å²) in [4.78, 5) is 2.35. The largest absolute Gasteiger partial charge is 0.493 e. The smallest absolute Gasteiger partial charge is 0.203 e. The van der Waals surface area contributed by atoms with E-state index in [0.29, 0.717) is 17.2 Å². The van der Waals surface area contributed by atoms with Crippen LogP contribution in [0.4, 0.5) is 4.39 Å². The molecule has 0 spiro atoms. The van der Waals surface area contributed by atoms with Crippen LogP contribution in [-0.2, 0) is 6.54 Å². The molecule has 0 radical (unpaired) electrons. The number of hydrogen-bond acceptors (Lipinski definition) is 4. The topological polar surface area (TPSA) is 30.9 Å². The zero-order valence-electron chi connectivity index (χ0n) is 15.4. The zero-order chi connectivity index (χ0) is 18.5. The molecule has 0 saturated carbocycles. The van der Waals surface area contributed by atoms with E-state index in [0.717, 1.165) is 37.2 Å². The van der Waals surface area contributed by atoms with Gasteiger partial charge in [0, 0.05) is 19.6 Å². The van der Waals surface area contributed by atoms with E-state index < -0.39 is 0 Å². The van der Waals surface area contributed by atoms with Gasteiger partial charge in [-0.3, -0.25) is 4.90 Å². The molecule has 2 aromatic rings. The molecule has 0 saturated heterocycles. The Bertz CT molecular complexity index is 761. The van der Waals surface area contributed by atoms with Crippen LogP contribution in [0, 0.1) is 5.82 Å². The summed E-state index contributed by atoms with van der Waals surface area (Å²) in [5.41, 5.74) is 3.48. The molecule has 0 N–H and O–H groups in total. The van der Waals surface area contributed by atoms with Gasteiger partial charge in [-0.1, -0.05) is 18.2 Å². The van der Waals surface area contributed by atoms with Gasteiger partial charge in [0.15, 0.2) is 11.5 Å². The van der Waals surface area contributed by atoms with Crippen molar-refractivity contribution in [3.8, 4) is 17.2 Å². The Balaban J connectivity index is 1.72. The van der Waals surface area contributed by atoms with Gasteiger partial charge in [0.05, 0.1) is 21.3 Å². The third-order valence-electron chi connectivity index (χ3n) is 4.64. The molecule has 1 aliphatic heterocycles. The van der Waals surface area contributed by atoms with Gasteiger partial charge in [0.2, 0.25) is 5.75 Å². The number of ether oxygens (including phenoxy) is 3. The highest BCUT2D eigenvalue weighted by Gasteiger charge is 2.17. The quantitative estimate of drug-likeness (QED) is 0.777. The molecule has 5 heteroatoms. The van der Waals surface area contributed by atoms with Crippen molar-refractivity contribution in [2.24, 2.45) is 0 Å². The molecule has 0 unspecified atom stereocenters. The van der Waals surface area contributed by atoms with E-state index in [1.165, 1.54) is 17.7 Å². The molecular weight excluding hydrogens is 333 g/mol. The average molecular weight is 357 g/mol. The van der Waals surface area contributed by atoms with Crippen LogP contribution >= 0.6 is 0 Å². The van der Waals surface area contributed by atoms with Crippen molar-refractivity contribution in [2.75, 3.05) is 34.4 Å². The summed E-state index contributed by atoms with van der Waals surface area (Å²) in [5, 5.41) is 0. The Morgan fingerprint density at radius 3 is 2.12 bits per heavy atom. The third-order valence-corrected chi connectivity index (χ3v) is 4.64. The second kappa shape index (κ2) is 8.23. The molecule has 3 rings (SSSR count). The lowest BCUT2D eigenvalue weighted by molar-refractivity contribution is 0.290. The highest BCUT2D eigenvalue weighted by molar-refractivity contribution is 5.66. The minimum atomic E-state index is -0.200. The number of hydrogen-bond donors (Lipinski definition) is 0. The molecule has 0 bridgehead atoms. The van der Waals surface area contributed by atoms with E-state index in [9.17, 15) is 4.39 Å². The molecule has 0 aliphatic carbocycles. The first-order chi connectivity index (χ1) is 12.6. The second-order valence-electron chi connectivity index (χ2n) is 6.25. The number of halogens is 1. The molecule has 2 aromatic carbocycles. The van der Waals surface area contributed by atoms with Gasteiger partial charge < -0.3 is 14.2 Å². The third kappa shape index (κ3) is 3.99. The number of benzene rings is 2. The van der Waals surface area contributed by atoms with Crippen LogP contribution in [0.2, 0.25) is 0 Å². The summed E-state index contributed by atoms with van der Waals surface area (Å²) < 4.78 is 29.3. The summed E-state index contributed by atoms with van der Waals surface area (Å²) in [5.74, 6) is 1.74. The number of nitrogens with zero attached hydrogens (tertiary/aromatic N) is 1. The lowest BCUT2D eigenvalue weighted by Crippen LogP contribution is -2.28. The van der Waals surface area contributed by atoms with Crippen LogP contribution < -0.4 is 14.2 Å². The molecule has 1 aliphatic rings. The molecule has 0 aromatic heterocycles. The van der Waals surface area contributed by atoms with E-state index in [-0.39, 0.29) is 5.82 Å². The summed E-state index contributed by atoms with van der Waals surface area (Å²) in [7, 11) is 4.85. The first-order valence-electron chi connectivity index (χ1n) is 8.60. The molecule has 1 heterocycles. The van der Waals surface area contributed by atoms with Crippen LogP contribution in [-0.4, -0.2) is 39.3 Å². The predicted molar refractivity (Wildman–Crippen MR) is 100 cm³/mol. The van der Waals surface area contributed by atoms with Crippen LogP contribution in [0.15, 0.2) is 42.5 Å². The van der Waals surface area contributed by atoms with Gasteiger partial charge in [-0.05, 0) is 47.4 Å². The van der Waals surface area contributed by atoms with Crippen LogP contribution in [0.5, 0.6) is 17.2 Å². The average Bonchev–Trinajstić information content (AvgIpc) is 2.68. The van der Waals surface area contributed by atoms with Crippen molar-refractivity contribution in [3.05, 3.63) is 59.4 Å². The molecule has 0 fully saturated rings. The first kappa shape index (κ1) is 18.3. The second-order valence-corrected chi connectivity index (χ2v) is 6.25. The summed E-state index contributed by atoms with van der Waals surface area (Å²) >= 11 is 0. The van der Waals surface area contributed by atoms with Gasteiger partial charge in [-0.25, -0.2) is 4.39 Å². The lowest BCUT2D eigenvalue weighted by atomic mass is 9.99. The molecule has 26 heavy (non-hydrogen) atoms. The van der Waals surface area contributed by atoms with Gasteiger partial charge in [0.1, 0.15) is 5.82 Å². The van der Waals surface area contributed by atoms with E-state index in [1.807, 2.05) is 24.3 Å². The van der Waals surface area contributed by atoms with Crippen LogP contribution in [0.25, 0.3) is 5.57 Å². The molecule has 0 amide bonds. The van der Waals surface area contributed by atoms with E-state index in [4.69, 9.17) is 14.2 Å². The fourth-order valence-corrected chi connectivity index (χ4v) is 3.27. The Hall–Kier alpha value is -2.53. The monoisotopic (exact) mass is 357 g/mol. The van der Waals surface area contributed by atoms with Gasteiger partial charge >= 0.3 is 0 Å². The Kier molecular flexibility index (Phi) is 5.78. The van der Waals surface area contributed by atoms with Crippen molar-refractivity contribution >= 4 is 5.57 Å². The minimum Gasteiger partial charge on any atom is -0.493 e. The van der Waals surface area contributed by atoms with E-state index in [2.05, 4.69) is 11.0 Å². The molecule has 138 valence electrons. The Labute approximate surface area is 153 Å². The Morgan fingerprint density at radius 2 is 1.62 bits per heavy atom. The molecule has 0 atom stereocenters. The van der Waals surface area contributed by atoms with E-state index >= 15 is 0 Å². The van der Waals surface area contributed by atoms with Crippen molar-refractivity contribution in [1.82, 2.24) is 4.90 Å². The predicted octanol–water partition coefficient (Wildman–Crippen LogP) is 4.14. The lowest BCUT2D eigenvalue weighted by Gasteiger charge is -2.27. The summed E-state index contributed by atoms with van der Waals surface area (Å²) in [6, 6.07) is 10.7. The van der Waals surface area contributed by atoms with Crippen molar-refractivity contribution in [2.45, 2.75) is 13.0 Å². The van der Waals surface area contributed by atoms with Crippen LogP contribution in [0.1, 0.15) is 17.5 Å². The zero-order valence-corrected chi connectivity index (χ0v) is 15.4. The SMILES string of the molecule is COc1cc(CN2CC=C(c3ccc(F)cc3)CC2)cc(OC)c1OC. The standard InChI is InChI=1S/C21H24FNO3/c1-24-19-12-15(13-20(25-2)21(19)26-3)14-23-10-8-17(9-11-23)16-4-6-18(22)7-5-16/h4-8,12-13H,9-11,14H2,1-3H3. The molecular formula is C21H24FNO3.